The first-order valence-electron chi connectivity index (χ1n) is 6.51. The molecule has 0 bridgehead atoms. The Kier molecular flexibility index (Phi) is 6.23. The number of hydrogen-bond donors (Lipinski definition) is 1. The van der Waals surface area contributed by atoms with E-state index in [0.717, 1.165) is 6.42 Å². The van der Waals surface area contributed by atoms with E-state index in [1.54, 1.807) is 0 Å². The standard InChI is InChI=1S/C15H24O2/c1-4-12(3)15(14(16)11-17-5-2)13-9-7-6-8-10-13/h6-10,12,14-16H,4-5,11H2,1-3H3. The lowest BCUT2D eigenvalue weighted by Crippen LogP contribution is -2.28. The maximum Gasteiger partial charge on any atom is 0.0844 e. The summed E-state index contributed by atoms with van der Waals surface area (Å²) >= 11 is 0. The van der Waals surface area contributed by atoms with Crippen molar-refractivity contribution in [2.75, 3.05) is 13.2 Å². The van der Waals surface area contributed by atoms with Gasteiger partial charge < -0.3 is 9.84 Å². The summed E-state index contributed by atoms with van der Waals surface area (Å²) in [6.45, 7) is 7.37. The van der Waals surface area contributed by atoms with E-state index in [9.17, 15) is 5.11 Å². The van der Waals surface area contributed by atoms with Crippen molar-refractivity contribution >= 4 is 0 Å². The largest absolute Gasteiger partial charge is 0.390 e. The van der Waals surface area contributed by atoms with Crippen molar-refractivity contribution in [3.05, 3.63) is 35.9 Å². The van der Waals surface area contributed by atoms with Gasteiger partial charge in [-0.05, 0) is 18.4 Å². The second-order valence-corrected chi connectivity index (χ2v) is 4.55. The number of rotatable bonds is 7. The van der Waals surface area contributed by atoms with E-state index in [4.69, 9.17) is 4.74 Å². The van der Waals surface area contributed by atoms with E-state index in [1.807, 2.05) is 25.1 Å². The van der Waals surface area contributed by atoms with Crippen molar-refractivity contribution in [3.8, 4) is 0 Å². The molecule has 0 saturated heterocycles. The predicted octanol–water partition coefficient (Wildman–Crippen LogP) is 3.21. The molecule has 0 saturated carbocycles. The number of ether oxygens (including phenoxy) is 1. The third kappa shape index (κ3) is 4.14. The first-order valence-corrected chi connectivity index (χ1v) is 6.51. The molecule has 2 heteroatoms. The van der Waals surface area contributed by atoms with Crippen LogP contribution in [0.15, 0.2) is 30.3 Å². The van der Waals surface area contributed by atoms with Crippen molar-refractivity contribution in [2.24, 2.45) is 5.92 Å². The Hall–Kier alpha value is -0.860. The summed E-state index contributed by atoms with van der Waals surface area (Å²) in [6.07, 6.45) is 0.634. The molecule has 1 aromatic rings. The second-order valence-electron chi connectivity index (χ2n) is 4.55. The first-order chi connectivity index (χ1) is 8.20. The molecule has 0 spiro atoms. The zero-order valence-electron chi connectivity index (χ0n) is 11.1. The van der Waals surface area contributed by atoms with Crippen LogP contribution >= 0.6 is 0 Å². The molecule has 0 radical (unpaired) electrons. The van der Waals surface area contributed by atoms with Crippen molar-refractivity contribution in [1.29, 1.82) is 0 Å². The van der Waals surface area contributed by atoms with Gasteiger partial charge >= 0.3 is 0 Å². The summed E-state index contributed by atoms with van der Waals surface area (Å²) < 4.78 is 5.34. The minimum atomic E-state index is -0.424. The van der Waals surface area contributed by atoms with E-state index in [0.29, 0.717) is 19.1 Å². The Balaban J connectivity index is 2.80. The Labute approximate surface area is 105 Å². The lowest BCUT2D eigenvalue weighted by Gasteiger charge is -2.28. The van der Waals surface area contributed by atoms with Crippen LogP contribution in [0, 0.1) is 5.92 Å². The van der Waals surface area contributed by atoms with Gasteiger partial charge in [0.1, 0.15) is 0 Å². The lowest BCUT2D eigenvalue weighted by atomic mass is 9.82. The molecule has 0 amide bonds. The van der Waals surface area contributed by atoms with Gasteiger partial charge in [-0.15, -0.1) is 0 Å². The van der Waals surface area contributed by atoms with Gasteiger partial charge in [-0.2, -0.15) is 0 Å². The van der Waals surface area contributed by atoms with E-state index in [1.165, 1.54) is 5.56 Å². The van der Waals surface area contributed by atoms with Crippen LogP contribution in [-0.4, -0.2) is 24.4 Å². The molecule has 2 nitrogen and oxygen atoms in total. The van der Waals surface area contributed by atoms with Crippen LogP contribution in [0.5, 0.6) is 0 Å². The molecule has 1 aromatic carbocycles. The highest BCUT2D eigenvalue weighted by atomic mass is 16.5. The summed E-state index contributed by atoms with van der Waals surface area (Å²) in [5.41, 5.74) is 1.20. The molecule has 1 N–H and O–H groups in total. The van der Waals surface area contributed by atoms with Crippen molar-refractivity contribution in [3.63, 3.8) is 0 Å². The highest BCUT2D eigenvalue weighted by molar-refractivity contribution is 5.21. The molecule has 17 heavy (non-hydrogen) atoms. The highest BCUT2D eigenvalue weighted by Crippen LogP contribution is 2.30. The summed E-state index contributed by atoms with van der Waals surface area (Å²) in [5, 5.41) is 10.3. The van der Waals surface area contributed by atoms with Gasteiger partial charge in [0.25, 0.3) is 0 Å². The second kappa shape index (κ2) is 7.46. The van der Waals surface area contributed by atoms with Gasteiger partial charge in [0.15, 0.2) is 0 Å². The van der Waals surface area contributed by atoms with E-state index >= 15 is 0 Å². The van der Waals surface area contributed by atoms with Crippen LogP contribution in [0.25, 0.3) is 0 Å². The van der Waals surface area contributed by atoms with Crippen LogP contribution in [-0.2, 0) is 4.74 Å². The lowest BCUT2D eigenvalue weighted by molar-refractivity contribution is 0.0163. The third-order valence-electron chi connectivity index (χ3n) is 3.35. The smallest absolute Gasteiger partial charge is 0.0844 e. The molecule has 3 atom stereocenters. The van der Waals surface area contributed by atoms with Gasteiger partial charge in [0.05, 0.1) is 12.7 Å². The van der Waals surface area contributed by atoms with Gasteiger partial charge in [-0.1, -0.05) is 50.6 Å². The summed E-state index contributed by atoms with van der Waals surface area (Å²) in [6, 6.07) is 10.2. The molecule has 0 aromatic heterocycles. The SMILES string of the molecule is CCOCC(O)C(c1ccccc1)C(C)CC. The molecule has 0 aliphatic rings. The van der Waals surface area contributed by atoms with Crippen LogP contribution in [0.1, 0.15) is 38.7 Å². The number of aliphatic hydroxyl groups is 1. The molecule has 1 rings (SSSR count). The summed E-state index contributed by atoms with van der Waals surface area (Å²) in [5.74, 6) is 0.612. The Morgan fingerprint density at radius 3 is 2.35 bits per heavy atom. The van der Waals surface area contributed by atoms with E-state index in [2.05, 4.69) is 26.0 Å². The van der Waals surface area contributed by atoms with Gasteiger partial charge in [-0.25, -0.2) is 0 Å². The average Bonchev–Trinajstić information content (AvgIpc) is 2.37. The van der Waals surface area contributed by atoms with Gasteiger partial charge in [0, 0.05) is 12.5 Å². The minimum absolute atomic E-state index is 0.160. The molecule has 0 aliphatic carbocycles. The fourth-order valence-electron chi connectivity index (χ4n) is 2.20. The van der Waals surface area contributed by atoms with Crippen molar-refractivity contribution in [1.82, 2.24) is 0 Å². The molecular formula is C15H24O2. The maximum atomic E-state index is 10.3. The molecule has 0 aliphatic heterocycles. The fourth-order valence-corrected chi connectivity index (χ4v) is 2.20. The van der Waals surface area contributed by atoms with Crippen molar-refractivity contribution < 1.29 is 9.84 Å². The van der Waals surface area contributed by atoms with Crippen LogP contribution < -0.4 is 0 Å². The molecular weight excluding hydrogens is 212 g/mol. The van der Waals surface area contributed by atoms with Gasteiger partial charge in [-0.3, -0.25) is 0 Å². The van der Waals surface area contributed by atoms with Crippen LogP contribution in [0.3, 0.4) is 0 Å². The Morgan fingerprint density at radius 1 is 1.18 bits per heavy atom. The normalized spacial score (nSPS) is 16.5. The van der Waals surface area contributed by atoms with Crippen LogP contribution in [0.4, 0.5) is 0 Å². The highest BCUT2D eigenvalue weighted by Gasteiger charge is 2.25. The topological polar surface area (TPSA) is 29.5 Å². The number of benzene rings is 1. The summed E-state index contributed by atoms with van der Waals surface area (Å²) in [4.78, 5) is 0. The molecule has 0 fully saturated rings. The minimum Gasteiger partial charge on any atom is -0.390 e. The molecule has 96 valence electrons. The third-order valence-corrected chi connectivity index (χ3v) is 3.35. The van der Waals surface area contributed by atoms with E-state index < -0.39 is 6.10 Å². The molecule has 0 heterocycles. The average molecular weight is 236 g/mol. The first kappa shape index (κ1) is 14.2. The maximum absolute atomic E-state index is 10.3. The zero-order chi connectivity index (χ0) is 12.7. The molecule has 3 unspecified atom stereocenters. The van der Waals surface area contributed by atoms with Crippen LogP contribution in [0.2, 0.25) is 0 Å². The van der Waals surface area contributed by atoms with Crippen molar-refractivity contribution in [2.45, 2.75) is 39.2 Å². The number of hydrogen-bond acceptors (Lipinski definition) is 2. The number of aliphatic hydroxyl groups excluding tert-OH is 1. The Morgan fingerprint density at radius 2 is 1.82 bits per heavy atom. The van der Waals surface area contributed by atoms with E-state index in [-0.39, 0.29) is 5.92 Å². The van der Waals surface area contributed by atoms with Gasteiger partial charge in [0.2, 0.25) is 0 Å². The summed E-state index contributed by atoms with van der Waals surface area (Å²) in [7, 11) is 0. The predicted molar refractivity (Wildman–Crippen MR) is 71.1 cm³/mol. The Bertz CT molecular complexity index is 297. The zero-order valence-corrected chi connectivity index (χ0v) is 11.1. The monoisotopic (exact) mass is 236 g/mol. The fraction of sp³-hybridized carbons (Fsp3) is 0.600. The quantitative estimate of drug-likeness (QED) is 0.787.